The van der Waals surface area contributed by atoms with Gasteiger partial charge >= 0.3 is 0 Å². The van der Waals surface area contributed by atoms with Gasteiger partial charge in [-0.1, -0.05) is 17.3 Å². The third-order valence-electron chi connectivity index (χ3n) is 4.52. The van der Waals surface area contributed by atoms with Crippen molar-refractivity contribution in [3.63, 3.8) is 0 Å². The van der Waals surface area contributed by atoms with E-state index in [1.54, 1.807) is 19.2 Å². The third-order valence-corrected chi connectivity index (χ3v) is 4.52. The van der Waals surface area contributed by atoms with Gasteiger partial charge in [0.15, 0.2) is 5.82 Å². The fourth-order valence-corrected chi connectivity index (χ4v) is 3.31. The number of benzene rings is 1. The van der Waals surface area contributed by atoms with Crippen molar-refractivity contribution in [2.24, 2.45) is 0 Å². The molecule has 2 aromatic heterocycles. The molecule has 4 rings (SSSR count). The number of halogens is 1. The molecule has 1 N–H and O–H groups in total. The van der Waals surface area contributed by atoms with Gasteiger partial charge in [0.25, 0.3) is 5.89 Å². The van der Waals surface area contributed by atoms with Gasteiger partial charge in [-0.25, -0.2) is 9.37 Å². The molecule has 0 amide bonds. The molecule has 3 heterocycles. The lowest BCUT2D eigenvalue weighted by Crippen LogP contribution is -2.42. The van der Waals surface area contributed by atoms with Crippen LogP contribution in [0.3, 0.4) is 0 Å². The zero-order chi connectivity index (χ0) is 17.9. The van der Waals surface area contributed by atoms with Crippen LogP contribution in [0.15, 0.2) is 47.1 Å². The van der Waals surface area contributed by atoms with Crippen LogP contribution in [0, 0.1) is 12.7 Å². The second kappa shape index (κ2) is 7.11. The number of anilines is 2. The zero-order valence-corrected chi connectivity index (χ0v) is 14.5. The Hall–Kier alpha value is -2.96. The molecule has 1 fully saturated rings. The van der Waals surface area contributed by atoms with E-state index < -0.39 is 0 Å². The Kier molecular flexibility index (Phi) is 4.51. The maximum Gasteiger partial charge on any atom is 0.261 e. The van der Waals surface area contributed by atoms with E-state index in [4.69, 9.17) is 4.52 Å². The smallest absolute Gasteiger partial charge is 0.261 e. The predicted molar refractivity (Wildman–Crippen MR) is 97.5 cm³/mol. The van der Waals surface area contributed by atoms with Crippen LogP contribution in [-0.4, -0.2) is 34.3 Å². The number of hydrogen-bond donors (Lipinski definition) is 1. The van der Waals surface area contributed by atoms with Gasteiger partial charge in [0.1, 0.15) is 11.6 Å². The van der Waals surface area contributed by atoms with E-state index in [1.165, 1.54) is 6.07 Å². The average molecular weight is 353 g/mol. The Morgan fingerprint density at radius 1 is 1.23 bits per heavy atom. The molecule has 0 bridgehead atoms. The summed E-state index contributed by atoms with van der Waals surface area (Å²) in [6, 6.07) is 10.8. The van der Waals surface area contributed by atoms with Crippen molar-refractivity contribution in [3.05, 3.63) is 54.2 Å². The Morgan fingerprint density at radius 3 is 2.92 bits per heavy atom. The normalized spacial score (nSPS) is 17.3. The van der Waals surface area contributed by atoms with Crippen molar-refractivity contribution in [3.8, 4) is 11.5 Å². The summed E-state index contributed by atoms with van der Waals surface area (Å²) in [4.78, 5) is 10.8. The summed E-state index contributed by atoms with van der Waals surface area (Å²) in [5.74, 6) is 1.54. The van der Waals surface area contributed by atoms with Crippen LogP contribution < -0.4 is 10.2 Å². The van der Waals surface area contributed by atoms with Crippen molar-refractivity contribution in [1.29, 1.82) is 0 Å². The van der Waals surface area contributed by atoms with Crippen LogP contribution in [-0.2, 0) is 0 Å². The maximum atomic E-state index is 14.1. The highest BCUT2D eigenvalue weighted by Gasteiger charge is 2.23. The molecule has 0 saturated carbocycles. The topological polar surface area (TPSA) is 67.1 Å². The molecule has 6 nitrogen and oxygen atoms in total. The SMILES string of the molecule is Cc1noc(-c2cccnc2NC2CCCN(c3ccccc3F)C2)n1. The molecule has 1 aliphatic rings. The van der Waals surface area contributed by atoms with Crippen molar-refractivity contribution in [1.82, 2.24) is 15.1 Å². The lowest BCUT2D eigenvalue weighted by atomic mass is 10.0. The maximum absolute atomic E-state index is 14.1. The van der Waals surface area contributed by atoms with Crippen molar-refractivity contribution < 1.29 is 8.91 Å². The molecule has 26 heavy (non-hydrogen) atoms. The van der Waals surface area contributed by atoms with Gasteiger partial charge in [-0.05, 0) is 44.0 Å². The average Bonchev–Trinajstić information content (AvgIpc) is 3.09. The summed E-state index contributed by atoms with van der Waals surface area (Å²) in [7, 11) is 0. The summed E-state index contributed by atoms with van der Waals surface area (Å²) in [6.45, 7) is 3.33. The number of aromatic nitrogens is 3. The first kappa shape index (κ1) is 16.5. The summed E-state index contributed by atoms with van der Waals surface area (Å²) in [5, 5.41) is 7.32. The van der Waals surface area contributed by atoms with E-state index >= 15 is 0 Å². The molecule has 7 heteroatoms. The van der Waals surface area contributed by atoms with E-state index in [9.17, 15) is 4.39 Å². The molecule has 1 aromatic carbocycles. The van der Waals surface area contributed by atoms with E-state index in [0.717, 1.165) is 24.9 Å². The Labute approximate surface area is 151 Å². The fourth-order valence-electron chi connectivity index (χ4n) is 3.31. The third kappa shape index (κ3) is 3.37. The summed E-state index contributed by atoms with van der Waals surface area (Å²) in [6.07, 6.45) is 3.70. The molecule has 3 aromatic rings. The molecule has 0 spiro atoms. The van der Waals surface area contributed by atoms with Crippen molar-refractivity contribution >= 4 is 11.5 Å². The number of piperidine rings is 1. The van der Waals surface area contributed by atoms with Crippen molar-refractivity contribution in [2.75, 3.05) is 23.3 Å². The van der Waals surface area contributed by atoms with E-state index in [1.807, 2.05) is 24.3 Å². The number of aryl methyl sites for hydroxylation is 1. The molecule has 134 valence electrons. The number of nitrogens with one attached hydrogen (secondary N) is 1. The van der Waals surface area contributed by atoms with Crippen LogP contribution in [0.5, 0.6) is 0 Å². The molecule has 1 saturated heterocycles. The highest BCUT2D eigenvalue weighted by Crippen LogP contribution is 2.28. The molecule has 0 aliphatic carbocycles. The second-order valence-electron chi connectivity index (χ2n) is 6.43. The van der Waals surface area contributed by atoms with Gasteiger partial charge in [-0.15, -0.1) is 0 Å². The molecule has 1 unspecified atom stereocenters. The number of hydrogen-bond acceptors (Lipinski definition) is 6. The largest absolute Gasteiger partial charge is 0.367 e. The predicted octanol–water partition coefficient (Wildman–Crippen LogP) is 3.66. The minimum atomic E-state index is -0.187. The lowest BCUT2D eigenvalue weighted by molar-refractivity contribution is 0.425. The Bertz CT molecular complexity index is 897. The van der Waals surface area contributed by atoms with Crippen LogP contribution in [0.1, 0.15) is 18.7 Å². The van der Waals surface area contributed by atoms with Crippen molar-refractivity contribution in [2.45, 2.75) is 25.8 Å². The first-order valence-electron chi connectivity index (χ1n) is 8.72. The zero-order valence-electron chi connectivity index (χ0n) is 14.5. The van der Waals surface area contributed by atoms with Gasteiger partial charge in [0.2, 0.25) is 0 Å². The lowest BCUT2D eigenvalue weighted by Gasteiger charge is -2.35. The number of rotatable bonds is 4. The van der Waals surface area contributed by atoms with Crippen LogP contribution in [0.2, 0.25) is 0 Å². The molecular formula is C19H20FN5O. The highest BCUT2D eigenvalue weighted by molar-refractivity contribution is 5.69. The van der Waals surface area contributed by atoms with Gasteiger partial charge in [0, 0.05) is 25.3 Å². The van der Waals surface area contributed by atoms with Crippen LogP contribution in [0.25, 0.3) is 11.5 Å². The number of nitrogens with zero attached hydrogens (tertiary/aromatic N) is 4. The van der Waals surface area contributed by atoms with Gasteiger partial charge < -0.3 is 14.7 Å². The minimum Gasteiger partial charge on any atom is -0.367 e. The monoisotopic (exact) mass is 353 g/mol. The first-order chi connectivity index (χ1) is 12.7. The van der Waals surface area contributed by atoms with Crippen LogP contribution >= 0.6 is 0 Å². The summed E-state index contributed by atoms with van der Waals surface area (Å²) in [5.41, 5.74) is 1.42. The quantitative estimate of drug-likeness (QED) is 0.772. The number of para-hydroxylation sites is 1. The Balaban J connectivity index is 1.54. The first-order valence-corrected chi connectivity index (χ1v) is 8.72. The molecular weight excluding hydrogens is 333 g/mol. The van der Waals surface area contributed by atoms with Crippen LogP contribution in [0.4, 0.5) is 15.9 Å². The molecule has 1 atom stereocenters. The van der Waals surface area contributed by atoms with E-state index in [2.05, 4.69) is 25.3 Å². The highest BCUT2D eigenvalue weighted by atomic mass is 19.1. The van der Waals surface area contributed by atoms with E-state index in [-0.39, 0.29) is 11.9 Å². The Morgan fingerprint density at radius 2 is 2.12 bits per heavy atom. The standard InChI is InChI=1S/C19H20FN5O/c1-13-22-19(26-24-13)15-7-4-10-21-18(15)23-14-6-5-11-25(12-14)17-9-3-2-8-16(17)20/h2-4,7-10,14H,5-6,11-12H2,1H3,(H,21,23). The fraction of sp³-hybridized carbons (Fsp3) is 0.316. The van der Waals surface area contributed by atoms with Gasteiger partial charge in [-0.2, -0.15) is 4.98 Å². The summed E-state index contributed by atoms with van der Waals surface area (Å²) >= 11 is 0. The van der Waals surface area contributed by atoms with Gasteiger partial charge in [-0.3, -0.25) is 0 Å². The van der Waals surface area contributed by atoms with E-state index in [0.29, 0.717) is 29.8 Å². The van der Waals surface area contributed by atoms with Gasteiger partial charge in [0.05, 0.1) is 11.3 Å². The second-order valence-corrected chi connectivity index (χ2v) is 6.43. The molecule has 1 aliphatic heterocycles. The minimum absolute atomic E-state index is 0.154. The number of pyridine rings is 1. The molecule has 0 radical (unpaired) electrons. The summed E-state index contributed by atoms with van der Waals surface area (Å²) < 4.78 is 19.4.